The molecule has 0 fully saturated rings. The van der Waals surface area contributed by atoms with Gasteiger partial charge in [0.1, 0.15) is 23.6 Å². The summed E-state index contributed by atoms with van der Waals surface area (Å²) in [6.07, 6.45) is -0.483. The first kappa shape index (κ1) is 17.4. The van der Waals surface area contributed by atoms with Crippen molar-refractivity contribution in [1.82, 2.24) is 5.32 Å². The van der Waals surface area contributed by atoms with Crippen molar-refractivity contribution < 1.29 is 9.53 Å². The van der Waals surface area contributed by atoms with Crippen LogP contribution in [0.25, 0.3) is 0 Å². The van der Waals surface area contributed by atoms with Gasteiger partial charge in [0.15, 0.2) is 0 Å². The van der Waals surface area contributed by atoms with Crippen molar-refractivity contribution in [3.63, 3.8) is 0 Å². The minimum atomic E-state index is -0.483. The highest BCUT2D eigenvalue weighted by Crippen LogP contribution is 2.36. The topological polar surface area (TPSA) is 65.4 Å². The summed E-state index contributed by atoms with van der Waals surface area (Å²) in [6.45, 7) is 0. The van der Waals surface area contributed by atoms with Gasteiger partial charge in [0.25, 0.3) is 5.91 Å². The SMILES string of the molecule is COc1ccc(N2C(S)=C(C#N)C(=O)NC2c2cccc(Br)c2)cc1. The van der Waals surface area contributed by atoms with Gasteiger partial charge in [-0.1, -0.05) is 28.1 Å². The highest BCUT2D eigenvalue weighted by atomic mass is 79.9. The van der Waals surface area contributed by atoms with E-state index in [4.69, 9.17) is 4.74 Å². The van der Waals surface area contributed by atoms with E-state index in [-0.39, 0.29) is 5.57 Å². The zero-order valence-corrected chi connectivity index (χ0v) is 15.7. The van der Waals surface area contributed by atoms with Crippen LogP contribution in [-0.2, 0) is 4.79 Å². The number of hydrogen-bond acceptors (Lipinski definition) is 5. The summed E-state index contributed by atoms with van der Waals surface area (Å²) < 4.78 is 6.09. The Kier molecular flexibility index (Phi) is 5.02. The molecule has 0 bridgehead atoms. The Labute approximate surface area is 159 Å². The van der Waals surface area contributed by atoms with Crippen LogP contribution >= 0.6 is 28.6 Å². The number of benzene rings is 2. The molecular weight excluding hydrogens is 402 g/mol. The lowest BCUT2D eigenvalue weighted by molar-refractivity contribution is -0.118. The molecule has 1 aliphatic rings. The van der Waals surface area contributed by atoms with Gasteiger partial charge in [-0.25, -0.2) is 0 Å². The Hall–Kier alpha value is -2.43. The van der Waals surface area contributed by atoms with Crippen LogP contribution in [0.4, 0.5) is 5.69 Å². The number of hydrogen-bond donors (Lipinski definition) is 2. The van der Waals surface area contributed by atoms with Gasteiger partial charge in [-0.2, -0.15) is 5.26 Å². The van der Waals surface area contributed by atoms with Crippen molar-refractivity contribution in [3.8, 4) is 11.8 Å². The lowest BCUT2D eigenvalue weighted by Crippen LogP contribution is -2.46. The molecule has 1 aliphatic heterocycles. The van der Waals surface area contributed by atoms with E-state index in [1.165, 1.54) is 0 Å². The number of carbonyl (C=O) groups excluding carboxylic acids is 1. The Balaban J connectivity index is 2.13. The maximum absolute atomic E-state index is 12.3. The third kappa shape index (κ3) is 3.36. The summed E-state index contributed by atoms with van der Waals surface area (Å²) in [5.74, 6) is 0.274. The first-order valence-electron chi connectivity index (χ1n) is 7.38. The summed E-state index contributed by atoms with van der Waals surface area (Å²) in [5.41, 5.74) is 1.62. The lowest BCUT2D eigenvalue weighted by atomic mass is 10.1. The van der Waals surface area contributed by atoms with Crippen LogP contribution in [0, 0.1) is 11.3 Å². The van der Waals surface area contributed by atoms with Crippen LogP contribution in [-0.4, -0.2) is 13.0 Å². The molecule has 5 nitrogen and oxygen atoms in total. The van der Waals surface area contributed by atoms with Crippen molar-refractivity contribution in [2.24, 2.45) is 0 Å². The Morgan fingerprint density at radius 2 is 2.00 bits per heavy atom. The second-order valence-corrected chi connectivity index (χ2v) is 6.65. The van der Waals surface area contributed by atoms with E-state index in [1.807, 2.05) is 59.5 Å². The maximum atomic E-state index is 12.3. The number of nitrogens with one attached hydrogen (secondary N) is 1. The molecular formula is C18H14BrN3O2S. The monoisotopic (exact) mass is 415 g/mol. The fraction of sp³-hybridized carbons (Fsp3) is 0.111. The second kappa shape index (κ2) is 7.21. The first-order valence-corrected chi connectivity index (χ1v) is 8.62. The lowest BCUT2D eigenvalue weighted by Gasteiger charge is -2.38. The highest BCUT2D eigenvalue weighted by Gasteiger charge is 2.34. The molecule has 25 heavy (non-hydrogen) atoms. The first-order chi connectivity index (χ1) is 12.0. The fourth-order valence-electron chi connectivity index (χ4n) is 2.63. The van der Waals surface area contributed by atoms with Gasteiger partial charge in [-0.3, -0.25) is 4.79 Å². The molecule has 0 aliphatic carbocycles. The number of halogens is 1. The molecule has 0 aromatic heterocycles. The third-order valence-corrected chi connectivity index (χ3v) is 4.76. The second-order valence-electron chi connectivity index (χ2n) is 5.31. The molecule has 0 saturated heterocycles. The molecule has 7 heteroatoms. The Morgan fingerprint density at radius 3 is 2.60 bits per heavy atom. The highest BCUT2D eigenvalue weighted by molar-refractivity contribution is 9.10. The van der Waals surface area contributed by atoms with Gasteiger partial charge in [-0.05, 0) is 42.0 Å². The molecule has 1 amide bonds. The van der Waals surface area contributed by atoms with Crippen LogP contribution in [0.5, 0.6) is 5.75 Å². The molecule has 3 rings (SSSR count). The van der Waals surface area contributed by atoms with Crippen LogP contribution in [0.3, 0.4) is 0 Å². The predicted octanol–water partition coefficient (Wildman–Crippen LogP) is 3.76. The number of thiol groups is 1. The zero-order valence-electron chi connectivity index (χ0n) is 13.2. The molecule has 2 aromatic carbocycles. The van der Waals surface area contributed by atoms with Gasteiger partial charge >= 0.3 is 0 Å². The van der Waals surface area contributed by atoms with Gasteiger partial charge in [0, 0.05) is 10.2 Å². The molecule has 0 spiro atoms. The molecule has 126 valence electrons. The number of methoxy groups -OCH3 is 1. The summed E-state index contributed by atoms with van der Waals surface area (Å²) in [4.78, 5) is 14.1. The summed E-state index contributed by atoms with van der Waals surface area (Å²) in [7, 11) is 1.60. The Morgan fingerprint density at radius 1 is 1.28 bits per heavy atom. The molecule has 1 heterocycles. The summed E-state index contributed by atoms with van der Waals surface area (Å²) in [6, 6.07) is 16.9. The summed E-state index contributed by atoms with van der Waals surface area (Å²) in [5, 5.41) is 12.5. The van der Waals surface area contributed by atoms with E-state index in [1.54, 1.807) is 7.11 Å². The Bertz CT molecular complexity index is 890. The molecule has 1 N–H and O–H groups in total. The van der Waals surface area contributed by atoms with E-state index < -0.39 is 12.1 Å². The average molecular weight is 416 g/mol. The van der Waals surface area contributed by atoms with Crippen molar-refractivity contribution in [2.75, 3.05) is 12.0 Å². The number of rotatable bonds is 3. The largest absolute Gasteiger partial charge is 0.497 e. The predicted molar refractivity (Wildman–Crippen MR) is 102 cm³/mol. The number of nitriles is 1. The molecule has 0 saturated carbocycles. The maximum Gasteiger partial charge on any atom is 0.266 e. The van der Waals surface area contributed by atoms with Crippen molar-refractivity contribution in [3.05, 3.63) is 69.2 Å². The van der Waals surface area contributed by atoms with Gasteiger partial charge in [0.2, 0.25) is 0 Å². The van der Waals surface area contributed by atoms with Gasteiger partial charge in [0.05, 0.1) is 12.1 Å². The molecule has 1 atom stereocenters. The minimum Gasteiger partial charge on any atom is -0.497 e. The van der Waals surface area contributed by atoms with Crippen molar-refractivity contribution >= 4 is 40.2 Å². The molecule has 2 aromatic rings. The van der Waals surface area contributed by atoms with Crippen molar-refractivity contribution in [2.45, 2.75) is 6.17 Å². The fourth-order valence-corrected chi connectivity index (χ4v) is 3.43. The van der Waals surface area contributed by atoms with E-state index in [0.29, 0.717) is 10.8 Å². The standard InChI is InChI=1S/C18H14BrN3O2S/c1-24-14-7-5-13(6-8-14)22-16(11-3-2-4-12(19)9-11)21-17(23)15(10-20)18(22)25/h2-9,16,25H,1H3,(H,21,23). The quantitative estimate of drug-likeness (QED) is 0.748. The summed E-state index contributed by atoms with van der Waals surface area (Å²) >= 11 is 7.91. The number of nitrogens with zero attached hydrogens (tertiary/aromatic N) is 2. The molecule has 0 radical (unpaired) electrons. The van der Waals surface area contributed by atoms with E-state index in [9.17, 15) is 10.1 Å². The zero-order chi connectivity index (χ0) is 18.0. The number of ether oxygens (including phenoxy) is 1. The average Bonchev–Trinajstić information content (AvgIpc) is 2.62. The third-order valence-electron chi connectivity index (χ3n) is 3.83. The van der Waals surface area contributed by atoms with Crippen LogP contribution in [0.15, 0.2) is 63.6 Å². The van der Waals surface area contributed by atoms with Gasteiger partial charge < -0.3 is 15.0 Å². The van der Waals surface area contributed by atoms with E-state index in [2.05, 4.69) is 33.9 Å². The normalized spacial score (nSPS) is 17.1. The minimum absolute atomic E-state index is 0.0228. The van der Waals surface area contributed by atoms with Crippen molar-refractivity contribution in [1.29, 1.82) is 5.26 Å². The number of anilines is 1. The van der Waals surface area contributed by atoms with Crippen LogP contribution in [0.1, 0.15) is 11.7 Å². The number of amides is 1. The number of carbonyl (C=O) groups is 1. The van der Waals surface area contributed by atoms with E-state index >= 15 is 0 Å². The van der Waals surface area contributed by atoms with Crippen LogP contribution in [0.2, 0.25) is 0 Å². The van der Waals surface area contributed by atoms with Crippen LogP contribution < -0.4 is 15.0 Å². The van der Waals surface area contributed by atoms with E-state index in [0.717, 1.165) is 15.7 Å². The van der Waals surface area contributed by atoms with Gasteiger partial charge in [-0.15, -0.1) is 12.6 Å². The smallest absolute Gasteiger partial charge is 0.266 e. The molecule has 1 unspecified atom stereocenters.